The predicted molar refractivity (Wildman–Crippen MR) is 109 cm³/mol. The third-order valence-electron chi connectivity index (χ3n) is 6.50. The van der Waals surface area contributed by atoms with Gasteiger partial charge in [-0.15, -0.1) is 0 Å². The molecule has 0 bridgehead atoms. The standard InChI is InChI=1S/C23H25N3O3/c27-20-11-19-12-24(21(28)17-7-3-1-4-8-17)14-23(26(19)13-20)15-25(16-23)22(29)18-9-5-2-6-10-18/h1-10,19-20,27H,11-16H2/t19-,20+/m0/s1. The molecule has 29 heavy (non-hydrogen) atoms. The van der Waals surface area contributed by atoms with Crippen LogP contribution in [-0.4, -0.2) is 82.0 Å². The Morgan fingerprint density at radius 2 is 1.31 bits per heavy atom. The van der Waals surface area contributed by atoms with Crippen LogP contribution >= 0.6 is 0 Å². The minimum atomic E-state index is -0.373. The van der Waals surface area contributed by atoms with Crippen LogP contribution in [0.2, 0.25) is 0 Å². The highest BCUT2D eigenvalue weighted by Gasteiger charge is 2.57. The number of benzene rings is 2. The largest absolute Gasteiger partial charge is 0.392 e. The van der Waals surface area contributed by atoms with Gasteiger partial charge in [-0.05, 0) is 30.7 Å². The molecule has 5 rings (SSSR count). The van der Waals surface area contributed by atoms with E-state index < -0.39 is 0 Å². The van der Waals surface area contributed by atoms with Crippen LogP contribution in [0.3, 0.4) is 0 Å². The second kappa shape index (κ2) is 6.97. The third kappa shape index (κ3) is 3.12. The van der Waals surface area contributed by atoms with Crippen molar-refractivity contribution >= 4 is 11.8 Å². The van der Waals surface area contributed by atoms with Crippen LogP contribution in [0, 0.1) is 0 Å². The van der Waals surface area contributed by atoms with Gasteiger partial charge in [-0.25, -0.2) is 0 Å². The number of hydrogen-bond acceptors (Lipinski definition) is 4. The number of piperazine rings is 1. The molecular formula is C23H25N3O3. The highest BCUT2D eigenvalue weighted by Crippen LogP contribution is 2.39. The molecule has 2 atom stereocenters. The maximum atomic E-state index is 13.1. The van der Waals surface area contributed by atoms with E-state index in [0.29, 0.717) is 50.3 Å². The van der Waals surface area contributed by atoms with Crippen LogP contribution in [0.4, 0.5) is 0 Å². The second-order valence-corrected chi connectivity index (χ2v) is 8.50. The van der Waals surface area contributed by atoms with Crippen LogP contribution in [0.5, 0.6) is 0 Å². The van der Waals surface area contributed by atoms with E-state index in [9.17, 15) is 14.7 Å². The smallest absolute Gasteiger partial charge is 0.253 e. The summed E-state index contributed by atoms with van der Waals surface area (Å²) in [5, 5.41) is 10.3. The third-order valence-corrected chi connectivity index (χ3v) is 6.50. The highest BCUT2D eigenvalue weighted by molar-refractivity contribution is 5.96. The number of amides is 2. The molecule has 1 spiro atoms. The number of carbonyl (C=O) groups is 2. The minimum Gasteiger partial charge on any atom is -0.392 e. The second-order valence-electron chi connectivity index (χ2n) is 8.50. The molecule has 2 aromatic rings. The number of carbonyl (C=O) groups excluding carboxylic acids is 2. The van der Waals surface area contributed by atoms with Crippen molar-refractivity contribution in [1.82, 2.24) is 14.7 Å². The van der Waals surface area contributed by atoms with Gasteiger partial charge < -0.3 is 14.9 Å². The molecule has 3 aliphatic heterocycles. The van der Waals surface area contributed by atoms with Crippen molar-refractivity contribution in [3.8, 4) is 0 Å². The van der Waals surface area contributed by atoms with Gasteiger partial charge in [0.1, 0.15) is 0 Å². The first-order valence-electron chi connectivity index (χ1n) is 10.2. The van der Waals surface area contributed by atoms with E-state index in [2.05, 4.69) is 4.90 Å². The van der Waals surface area contributed by atoms with E-state index in [1.54, 1.807) is 0 Å². The summed E-state index contributed by atoms with van der Waals surface area (Å²) in [6.45, 7) is 3.00. The molecule has 3 aliphatic rings. The Morgan fingerprint density at radius 1 is 0.793 bits per heavy atom. The number of fused-ring (bicyclic) bond motifs is 2. The average molecular weight is 391 g/mol. The zero-order valence-electron chi connectivity index (χ0n) is 16.3. The van der Waals surface area contributed by atoms with Crippen LogP contribution in [0.1, 0.15) is 27.1 Å². The molecule has 3 saturated heterocycles. The van der Waals surface area contributed by atoms with E-state index in [1.165, 1.54) is 0 Å². The van der Waals surface area contributed by atoms with Crippen LogP contribution in [-0.2, 0) is 0 Å². The van der Waals surface area contributed by atoms with Gasteiger partial charge in [0.05, 0.1) is 11.6 Å². The van der Waals surface area contributed by atoms with Crippen molar-refractivity contribution in [2.45, 2.75) is 24.1 Å². The van der Waals surface area contributed by atoms with Gasteiger partial charge in [-0.3, -0.25) is 14.5 Å². The molecule has 3 heterocycles. The first-order chi connectivity index (χ1) is 14.1. The first kappa shape index (κ1) is 18.3. The van der Waals surface area contributed by atoms with E-state index in [1.807, 2.05) is 70.5 Å². The SMILES string of the molecule is O=C(c1ccccc1)N1C[C@@H]2C[C@@H](O)CN2C2(C1)CN(C(=O)c1ccccc1)C2. The minimum absolute atomic E-state index is 0.0267. The topological polar surface area (TPSA) is 64.1 Å². The summed E-state index contributed by atoms with van der Waals surface area (Å²) >= 11 is 0. The molecule has 0 aromatic heterocycles. The fourth-order valence-electron chi connectivity index (χ4n) is 5.18. The Balaban J connectivity index is 1.37. The summed E-state index contributed by atoms with van der Waals surface area (Å²) in [6.07, 6.45) is 0.301. The maximum absolute atomic E-state index is 13.1. The zero-order valence-corrected chi connectivity index (χ0v) is 16.3. The monoisotopic (exact) mass is 391 g/mol. The molecule has 1 N–H and O–H groups in total. The molecule has 0 aliphatic carbocycles. The Bertz CT molecular complexity index is 911. The van der Waals surface area contributed by atoms with Crippen molar-refractivity contribution in [2.75, 3.05) is 32.7 Å². The van der Waals surface area contributed by atoms with Gasteiger partial charge in [0.25, 0.3) is 11.8 Å². The summed E-state index contributed by atoms with van der Waals surface area (Å²) in [5.74, 6) is 0.0536. The molecule has 6 heteroatoms. The maximum Gasteiger partial charge on any atom is 0.253 e. The molecule has 2 amide bonds. The van der Waals surface area contributed by atoms with Crippen LogP contribution in [0.25, 0.3) is 0 Å². The normalized spacial score (nSPS) is 25.6. The first-order valence-corrected chi connectivity index (χ1v) is 10.2. The number of rotatable bonds is 2. The molecule has 0 saturated carbocycles. The number of nitrogens with zero attached hydrogens (tertiary/aromatic N) is 3. The van der Waals surface area contributed by atoms with Crippen molar-refractivity contribution in [1.29, 1.82) is 0 Å². The number of hydrogen-bond donors (Lipinski definition) is 1. The van der Waals surface area contributed by atoms with Gasteiger partial charge in [-0.2, -0.15) is 0 Å². The number of likely N-dealkylation sites (tertiary alicyclic amines) is 1. The Morgan fingerprint density at radius 3 is 1.90 bits per heavy atom. The van der Waals surface area contributed by atoms with E-state index in [4.69, 9.17) is 0 Å². The van der Waals surface area contributed by atoms with Gasteiger partial charge in [-0.1, -0.05) is 36.4 Å². The lowest BCUT2D eigenvalue weighted by Gasteiger charge is -2.60. The predicted octanol–water partition coefficient (Wildman–Crippen LogP) is 1.47. The fraction of sp³-hybridized carbons (Fsp3) is 0.391. The molecular weight excluding hydrogens is 366 g/mol. The summed E-state index contributed by atoms with van der Waals surface area (Å²) in [5.41, 5.74) is 1.11. The quantitative estimate of drug-likeness (QED) is 0.842. The van der Waals surface area contributed by atoms with Gasteiger partial charge >= 0.3 is 0 Å². The van der Waals surface area contributed by atoms with E-state index in [-0.39, 0.29) is 29.5 Å². The Labute approximate surface area is 170 Å². The number of aliphatic hydroxyl groups is 1. The number of β-amino-alcohol motifs (C(OH)–C–C–N with tert-alkyl or cyclic N) is 1. The lowest BCUT2D eigenvalue weighted by atomic mass is 9.83. The molecule has 150 valence electrons. The van der Waals surface area contributed by atoms with E-state index >= 15 is 0 Å². The van der Waals surface area contributed by atoms with Crippen molar-refractivity contribution in [3.63, 3.8) is 0 Å². The Hall–Kier alpha value is -2.70. The Kier molecular flexibility index (Phi) is 4.41. The van der Waals surface area contributed by atoms with Crippen molar-refractivity contribution in [2.24, 2.45) is 0 Å². The van der Waals surface area contributed by atoms with E-state index in [0.717, 1.165) is 0 Å². The van der Waals surface area contributed by atoms with Crippen molar-refractivity contribution in [3.05, 3.63) is 71.8 Å². The molecule has 2 aromatic carbocycles. The van der Waals surface area contributed by atoms with Crippen LogP contribution < -0.4 is 0 Å². The highest BCUT2D eigenvalue weighted by atomic mass is 16.3. The lowest BCUT2D eigenvalue weighted by Crippen LogP contribution is -2.79. The average Bonchev–Trinajstić information content (AvgIpc) is 3.12. The number of aliphatic hydroxyl groups excluding tert-OH is 1. The lowest BCUT2D eigenvalue weighted by molar-refractivity contribution is -0.0917. The molecule has 0 unspecified atom stereocenters. The molecule has 6 nitrogen and oxygen atoms in total. The van der Waals surface area contributed by atoms with Gasteiger partial charge in [0.2, 0.25) is 0 Å². The van der Waals surface area contributed by atoms with Gasteiger partial charge in [0.15, 0.2) is 0 Å². The molecule has 0 radical (unpaired) electrons. The summed E-state index contributed by atoms with van der Waals surface area (Å²) in [4.78, 5) is 32.0. The fourth-order valence-corrected chi connectivity index (χ4v) is 5.18. The summed E-state index contributed by atoms with van der Waals surface area (Å²) < 4.78 is 0. The summed E-state index contributed by atoms with van der Waals surface area (Å²) in [7, 11) is 0. The zero-order chi connectivity index (χ0) is 20.0. The van der Waals surface area contributed by atoms with Gasteiger partial charge in [0, 0.05) is 49.9 Å². The van der Waals surface area contributed by atoms with Crippen molar-refractivity contribution < 1.29 is 14.7 Å². The van der Waals surface area contributed by atoms with Crippen LogP contribution in [0.15, 0.2) is 60.7 Å². The molecule has 3 fully saturated rings. The summed E-state index contributed by atoms with van der Waals surface area (Å²) in [6, 6.07) is 18.8.